The fourth-order valence-electron chi connectivity index (χ4n) is 2.84. The lowest BCUT2D eigenvalue weighted by Crippen LogP contribution is -2.23. The van der Waals surface area contributed by atoms with Crippen LogP contribution in [-0.4, -0.2) is 26.1 Å². The zero-order valence-corrected chi connectivity index (χ0v) is 14.3. The first-order valence-corrected chi connectivity index (χ1v) is 8.52. The van der Waals surface area contributed by atoms with Gasteiger partial charge in [-0.2, -0.15) is 0 Å². The monoisotopic (exact) mass is 316 g/mol. The molecule has 0 heterocycles. The first-order chi connectivity index (χ1) is 11.2. The van der Waals surface area contributed by atoms with Gasteiger partial charge in [0.1, 0.15) is 5.75 Å². The number of benzene rings is 1. The summed E-state index contributed by atoms with van der Waals surface area (Å²) in [6.45, 7) is 3.65. The zero-order chi connectivity index (χ0) is 16.5. The topological polar surface area (TPSA) is 50.4 Å². The molecule has 0 unspecified atom stereocenters. The van der Waals surface area contributed by atoms with Crippen LogP contribution in [0.2, 0.25) is 0 Å². The number of carbonyl (C=O) groups is 1. The minimum absolute atomic E-state index is 0.0123. The zero-order valence-electron chi connectivity index (χ0n) is 14.3. The maximum Gasteiger partial charge on any atom is 0.225 e. The third-order valence-corrected chi connectivity index (χ3v) is 4.17. The van der Waals surface area contributed by atoms with E-state index in [1.54, 1.807) is 12.7 Å². The summed E-state index contributed by atoms with van der Waals surface area (Å²) in [4.78, 5) is 12.0. The number of nitrogens with one attached hydrogen (secondary N) is 2. The number of rotatable bonds is 8. The highest BCUT2D eigenvalue weighted by molar-refractivity contribution is 5.92. The standard InChI is InChI=1S/C19H28N2O2/c1-15-8-9-18(23-2)17(14-15)21-19(22)11-13-20-12-10-16-6-4-3-5-7-16/h6,8-9,14,20H,3-5,7,10-13H2,1-2H3,(H,21,22). The highest BCUT2D eigenvalue weighted by Crippen LogP contribution is 2.25. The maximum absolute atomic E-state index is 12.0. The molecule has 0 aromatic heterocycles. The second-order valence-electron chi connectivity index (χ2n) is 6.11. The Morgan fingerprint density at radius 1 is 1.26 bits per heavy atom. The van der Waals surface area contributed by atoms with Gasteiger partial charge in [-0.1, -0.05) is 17.7 Å². The van der Waals surface area contributed by atoms with Gasteiger partial charge in [0.05, 0.1) is 12.8 Å². The second kappa shape index (κ2) is 9.36. The van der Waals surface area contributed by atoms with Crippen molar-refractivity contribution in [2.75, 3.05) is 25.5 Å². The molecule has 2 rings (SSSR count). The lowest BCUT2D eigenvalue weighted by molar-refractivity contribution is -0.116. The molecule has 4 heteroatoms. The number of hydrogen-bond donors (Lipinski definition) is 2. The van der Waals surface area contributed by atoms with Crippen LogP contribution in [0.4, 0.5) is 5.69 Å². The van der Waals surface area contributed by atoms with E-state index in [4.69, 9.17) is 4.74 Å². The minimum Gasteiger partial charge on any atom is -0.495 e. The number of anilines is 1. The lowest BCUT2D eigenvalue weighted by Gasteiger charge is -2.13. The fourth-order valence-corrected chi connectivity index (χ4v) is 2.84. The number of hydrogen-bond acceptors (Lipinski definition) is 3. The molecule has 0 radical (unpaired) electrons. The van der Waals surface area contributed by atoms with Crippen molar-refractivity contribution in [2.24, 2.45) is 0 Å². The van der Waals surface area contributed by atoms with E-state index < -0.39 is 0 Å². The molecular weight excluding hydrogens is 288 g/mol. The third-order valence-electron chi connectivity index (χ3n) is 4.17. The number of amides is 1. The summed E-state index contributed by atoms with van der Waals surface area (Å²) in [5.41, 5.74) is 3.41. The molecule has 1 aliphatic carbocycles. The van der Waals surface area contributed by atoms with Gasteiger partial charge in [0.15, 0.2) is 0 Å². The smallest absolute Gasteiger partial charge is 0.225 e. The number of methoxy groups -OCH3 is 1. The van der Waals surface area contributed by atoms with Crippen LogP contribution < -0.4 is 15.4 Å². The van der Waals surface area contributed by atoms with E-state index in [0.717, 1.165) is 24.2 Å². The molecule has 1 aliphatic rings. The van der Waals surface area contributed by atoms with E-state index in [1.807, 2.05) is 25.1 Å². The van der Waals surface area contributed by atoms with Crippen molar-refractivity contribution >= 4 is 11.6 Å². The third kappa shape index (κ3) is 6.06. The molecule has 0 saturated heterocycles. The average Bonchev–Trinajstić information content (AvgIpc) is 2.56. The number of ether oxygens (including phenoxy) is 1. The maximum atomic E-state index is 12.0. The van der Waals surface area contributed by atoms with E-state index in [0.29, 0.717) is 18.7 Å². The molecule has 0 saturated carbocycles. The SMILES string of the molecule is COc1ccc(C)cc1NC(=O)CCNCCC1=CCCCC1. The van der Waals surface area contributed by atoms with Gasteiger partial charge >= 0.3 is 0 Å². The van der Waals surface area contributed by atoms with E-state index in [2.05, 4.69) is 16.7 Å². The molecule has 0 spiro atoms. The fraction of sp³-hybridized carbons (Fsp3) is 0.526. The van der Waals surface area contributed by atoms with E-state index in [-0.39, 0.29) is 5.91 Å². The van der Waals surface area contributed by atoms with Crippen molar-refractivity contribution in [1.29, 1.82) is 0 Å². The van der Waals surface area contributed by atoms with Crippen LogP contribution in [0.25, 0.3) is 0 Å². The van der Waals surface area contributed by atoms with Crippen LogP contribution in [0.15, 0.2) is 29.8 Å². The molecule has 23 heavy (non-hydrogen) atoms. The molecule has 1 aromatic carbocycles. The molecule has 0 aliphatic heterocycles. The second-order valence-corrected chi connectivity index (χ2v) is 6.11. The van der Waals surface area contributed by atoms with E-state index in [9.17, 15) is 4.79 Å². The highest BCUT2D eigenvalue weighted by atomic mass is 16.5. The molecule has 0 atom stereocenters. The van der Waals surface area contributed by atoms with Crippen LogP contribution in [0.5, 0.6) is 5.75 Å². The lowest BCUT2D eigenvalue weighted by atomic mass is 9.97. The summed E-state index contributed by atoms with van der Waals surface area (Å²) < 4.78 is 5.27. The Bertz CT molecular complexity index is 552. The van der Waals surface area contributed by atoms with Crippen molar-refractivity contribution in [3.63, 3.8) is 0 Å². The Labute approximate surface area is 139 Å². The Hall–Kier alpha value is -1.81. The van der Waals surface area contributed by atoms with Crippen LogP contribution in [0.1, 0.15) is 44.1 Å². The Morgan fingerprint density at radius 3 is 2.87 bits per heavy atom. The van der Waals surface area contributed by atoms with Crippen molar-refractivity contribution in [1.82, 2.24) is 5.32 Å². The summed E-state index contributed by atoms with van der Waals surface area (Å²) in [5.74, 6) is 0.708. The van der Waals surface area contributed by atoms with Gasteiger partial charge in [-0.15, -0.1) is 0 Å². The molecule has 1 aromatic rings. The van der Waals surface area contributed by atoms with Gasteiger partial charge in [-0.25, -0.2) is 0 Å². The molecule has 0 fully saturated rings. The van der Waals surface area contributed by atoms with E-state index in [1.165, 1.54) is 25.7 Å². The molecule has 2 N–H and O–H groups in total. The molecular formula is C19H28N2O2. The quantitative estimate of drug-likeness (QED) is 0.566. The highest BCUT2D eigenvalue weighted by Gasteiger charge is 2.08. The Morgan fingerprint density at radius 2 is 2.13 bits per heavy atom. The summed E-state index contributed by atoms with van der Waals surface area (Å²) in [6, 6.07) is 5.77. The summed E-state index contributed by atoms with van der Waals surface area (Å²) in [5, 5.41) is 6.28. The van der Waals surface area contributed by atoms with Gasteiger partial charge in [0.25, 0.3) is 0 Å². The molecule has 1 amide bonds. The van der Waals surface area contributed by atoms with Gasteiger partial charge < -0.3 is 15.4 Å². The largest absolute Gasteiger partial charge is 0.495 e. The van der Waals surface area contributed by atoms with Crippen LogP contribution in [0.3, 0.4) is 0 Å². The van der Waals surface area contributed by atoms with Crippen molar-refractivity contribution in [2.45, 2.75) is 45.4 Å². The van der Waals surface area contributed by atoms with E-state index >= 15 is 0 Å². The summed E-state index contributed by atoms with van der Waals surface area (Å²) in [7, 11) is 1.61. The molecule has 0 bridgehead atoms. The number of carbonyl (C=O) groups excluding carboxylic acids is 1. The van der Waals surface area contributed by atoms with Gasteiger partial charge in [-0.3, -0.25) is 4.79 Å². The number of allylic oxidation sites excluding steroid dienone is 1. The Balaban J connectivity index is 1.67. The van der Waals surface area contributed by atoms with Gasteiger partial charge in [-0.05, 0) is 63.3 Å². The first kappa shape index (κ1) is 17.5. The first-order valence-electron chi connectivity index (χ1n) is 8.52. The van der Waals surface area contributed by atoms with Gasteiger partial charge in [0.2, 0.25) is 5.91 Å². The van der Waals surface area contributed by atoms with Crippen molar-refractivity contribution in [3.8, 4) is 5.75 Å². The number of aryl methyl sites for hydroxylation is 1. The predicted octanol–water partition coefficient (Wildman–Crippen LogP) is 3.81. The summed E-state index contributed by atoms with van der Waals surface area (Å²) in [6.07, 6.45) is 9.09. The minimum atomic E-state index is 0.0123. The van der Waals surface area contributed by atoms with Crippen LogP contribution in [-0.2, 0) is 4.79 Å². The van der Waals surface area contributed by atoms with Gasteiger partial charge in [0, 0.05) is 13.0 Å². The molecule has 126 valence electrons. The Kier molecular flexibility index (Phi) is 7.14. The summed E-state index contributed by atoms with van der Waals surface area (Å²) >= 11 is 0. The van der Waals surface area contributed by atoms with Crippen molar-refractivity contribution in [3.05, 3.63) is 35.4 Å². The molecule has 4 nitrogen and oxygen atoms in total. The van der Waals surface area contributed by atoms with Crippen molar-refractivity contribution < 1.29 is 9.53 Å². The normalized spacial score (nSPS) is 14.3. The van der Waals surface area contributed by atoms with Crippen LogP contribution in [0, 0.1) is 6.92 Å². The predicted molar refractivity (Wildman–Crippen MR) is 95.0 cm³/mol. The average molecular weight is 316 g/mol. The van der Waals surface area contributed by atoms with Crippen LogP contribution >= 0.6 is 0 Å².